The summed E-state index contributed by atoms with van der Waals surface area (Å²) in [4.78, 5) is 0. The Morgan fingerprint density at radius 2 is 1.90 bits per heavy atom. The zero-order chi connectivity index (χ0) is 15.4. The van der Waals surface area contributed by atoms with Crippen molar-refractivity contribution >= 4 is 15.9 Å². The van der Waals surface area contributed by atoms with Gasteiger partial charge in [0.25, 0.3) is 0 Å². The van der Waals surface area contributed by atoms with Crippen molar-refractivity contribution in [3.63, 3.8) is 0 Å². The Hall–Kier alpha value is -1.52. The molecule has 0 aliphatic carbocycles. The van der Waals surface area contributed by atoms with Gasteiger partial charge in [0.05, 0.1) is 13.7 Å². The lowest BCUT2D eigenvalue weighted by Crippen LogP contribution is -2.05. The molecule has 3 nitrogen and oxygen atoms in total. The van der Waals surface area contributed by atoms with Crippen LogP contribution >= 0.6 is 15.9 Å². The van der Waals surface area contributed by atoms with Crippen LogP contribution < -0.4 is 9.47 Å². The van der Waals surface area contributed by atoms with Crippen LogP contribution in [0.15, 0.2) is 40.9 Å². The number of benzene rings is 2. The Morgan fingerprint density at radius 3 is 2.57 bits per heavy atom. The molecule has 0 fully saturated rings. The first-order chi connectivity index (χ1) is 10.1. The third kappa shape index (κ3) is 3.57. The molecule has 2 rings (SSSR count). The molecule has 4 heteroatoms. The van der Waals surface area contributed by atoms with Gasteiger partial charge in [-0.1, -0.05) is 28.1 Å². The first kappa shape index (κ1) is 15.9. The van der Waals surface area contributed by atoms with Gasteiger partial charge in [-0.15, -0.1) is 0 Å². The molecule has 0 aliphatic heterocycles. The van der Waals surface area contributed by atoms with Crippen molar-refractivity contribution < 1.29 is 14.6 Å². The fourth-order valence-corrected chi connectivity index (χ4v) is 2.58. The van der Waals surface area contributed by atoms with Crippen LogP contribution in [-0.4, -0.2) is 18.8 Å². The summed E-state index contributed by atoms with van der Waals surface area (Å²) in [5.74, 6) is 1.45. The Labute approximate surface area is 133 Å². The predicted octanol–water partition coefficient (Wildman–Crippen LogP) is 4.25. The van der Waals surface area contributed by atoms with E-state index < -0.39 is 6.10 Å². The molecular formula is C17H19BrO3. The summed E-state index contributed by atoms with van der Waals surface area (Å²) in [6, 6.07) is 11.3. The highest BCUT2D eigenvalue weighted by atomic mass is 79.9. The number of aliphatic hydroxyl groups is 1. The topological polar surface area (TPSA) is 38.7 Å². The van der Waals surface area contributed by atoms with Gasteiger partial charge in [0.2, 0.25) is 0 Å². The van der Waals surface area contributed by atoms with Crippen LogP contribution in [0.1, 0.15) is 29.7 Å². The first-order valence-electron chi connectivity index (χ1n) is 6.81. The van der Waals surface area contributed by atoms with Gasteiger partial charge in [-0.25, -0.2) is 0 Å². The third-order valence-corrected chi connectivity index (χ3v) is 3.81. The van der Waals surface area contributed by atoms with Gasteiger partial charge < -0.3 is 14.6 Å². The molecule has 0 saturated carbocycles. The van der Waals surface area contributed by atoms with Gasteiger partial charge in [0.15, 0.2) is 0 Å². The number of ether oxygens (including phenoxy) is 2. The second-order valence-corrected chi connectivity index (χ2v) is 5.66. The highest BCUT2D eigenvalue weighted by Crippen LogP contribution is 2.34. The average molecular weight is 351 g/mol. The Morgan fingerprint density at radius 1 is 1.14 bits per heavy atom. The summed E-state index contributed by atoms with van der Waals surface area (Å²) < 4.78 is 11.8. The molecule has 0 heterocycles. The molecular weight excluding hydrogens is 332 g/mol. The quantitative estimate of drug-likeness (QED) is 0.875. The van der Waals surface area contributed by atoms with Gasteiger partial charge in [0.1, 0.15) is 17.6 Å². The van der Waals surface area contributed by atoms with Crippen molar-refractivity contribution in [3.05, 3.63) is 57.6 Å². The van der Waals surface area contributed by atoms with Crippen LogP contribution in [-0.2, 0) is 0 Å². The van der Waals surface area contributed by atoms with Crippen LogP contribution in [0, 0.1) is 6.92 Å². The average Bonchev–Trinajstić information content (AvgIpc) is 2.49. The van der Waals surface area contributed by atoms with E-state index in [4.69, 9.17) is 9.47 Å². The fourth-order valence-electron chi connectivity index (χ4n) is 2.21. The normalized spacial score (nSPS) is 12.0. The molecule has 2 aromatic rings. The van der Waals surface area contributed by atoms with Crippen molar-refractivity contribution in [3.8, 4) is 11.5 Å². The van der Waals surface area contributed by atoms with Crippen molar-refractivity contribution in [1.82, 2.24) is 0 Å². The summed E-state index contributed by atoms with van der Waals surface area (Å²) in [6.07, 6.45) is -0.765. The lowest BCUT2D eigenvalue weighted by atomic mass is 9.99. The number of rotatable bonds is 5. The highest BCUT2D eigenvalue weighted by molar-refractivity contribution is 9.10. The monoisotopic (exact) mass is 350 g/mol. The molecule has 0 aliphatic rings. The van der Waals surface area contributed by atoms with Crippen molar-refractivity contribution in [2.24, 2.45) is 0 Å². The van der Waals surface area contributed by atoms with Gasteiger partial charge in [-0.05, 0) is 49.2 Å². The minimum atomic E-state index is -0.765. The second-order valence-electron chi connectivity index (χ2n) is 4.75. The lowest BCUT2D eigenvalue weighted by molar-refractivity contribution is 0.211. The molecule has 0 saturated heterocycles. The Balaban J connectivity index is 2.43. The van der Waals surface area contributed by atoms with E-state index in [9.17, 15) is 5.11 Å². The summed E-state index contributed by atoms with van der Waals surface area (Å²) >= 11 is 3.44. The van der Waals surface area contributed by atoms with E-state index >= 15 is 0 Å². The molecule has 112 valence electrons. The molecule has 0 bridgehead atoms. The van der Waals surface area contributed by atoms with Crippen molar-refractivity contribution in [2.75, 3.05) is 13.7 Å². The van der Waals surface area contributed by atoms with Crippen LogP contribution in [0.5, 0.6) is 11.5 Å². The van der Waals surface area contributed by atoms with E-state index in [1.807, 2.05) is 50.2 Å². The van der Waals surface area contributed by atoms with E-state index in [2.05, 4.69) is 15.9 Å². The molecule has 1 unspecified atom stereocenters. The largest absolute Gasteiger partial charge is 0.496 e. The zero-order valence-corrected chi connectivity index (χ0v) is 14.0. The van der Waals surface area contributed by atoms with Crippen LogP contribution in [0.2, 0.25) is 0 Å². The fraction of sp³-hybridized carbons (Fsp3) is 0.294. The SMILES string of the molecule is CCOc1ccc(Br)cc1C(O)c1ccc(C)c(OC)c1. The summed E-state index contributed by atoms with van der Waals surface area (Å²) in [5.41, 5.74) is 2.54. The summed E-state index contributed by atoms with van der Waals surface area (Å²) in [6.45, 7) is 4.45. The van der Waals surface area contributed by atoms with Gasteiger partial charge in [0, 0.05) is 10.0 Å². The van der Waals surface area contributed by atoms with Crippen LogP contribution in [0.25, 0.3) is 0 Å². The lowest BCUT2D eigenvalue weighted by Gasteiger charge is -2.17. The maximum Gasteiger partial charge on any atom is 0.125 e. The van der Waals surface area contributed by atoms with Crippen molar-refractivity contribution in [2.45, 2.75) is 20.0 Å². The third-order valence-electron chi connectivity index (χ3n) is 3.31. The van der Waals surface area contributed by atoms with E-state index in [0.29, 0.717) is 12.4 Å². The molecule has 1 atom stereocenters. The Kier molecular flexibility index (Phi) is 5.26. The van der Waals surface area contributed by atoms with Crippen molar-refractivity contribution in [1.29, 1.82) is 0 Å². The first-order valence-corrected chi connectivity index (χ1v) is 7.61. The number of hydrogen-bond donors (Lipinski definition) is 1. The van der Waals surface area contributed by atoms with E-state index in [-0.39, 0.29) is 0 Å². The molecule has 1 N–H and O–H groups in total. The van der Waals surface area contributed by atoms with Gasteiger partial charge in [-0.2, -0.15) is 0 Å². The number of aliphatic hydroxyl groups excluding tert-OH is 1. The zero-order valence-electron chi connectivity index (χ0n) is 12.4. The van der Waals surface area contributed by atoms with E-state index in [1.54, 1.807) is 7.11 Å². The molecule has 0 amide bonds. The maximum atomic E-state index is 10.7. The van der Waals surface area contributed by atoms with E-state index in [0.717, 1.165) is 26.9 Å². The molecule has 0 radical (unpaired) electrons. The standard InChI is InChI=1S/C17H19BrO3/c1-4-21-15-8-7-13(18)10-14(15)17(19)12-6-5-11(2)16(9-12)20-3/h5-10,17,19H,4H2,1-3H3. The highest BCUT2D eigenvalue weighted by Gasteiger charge is 2.17. The number of aryl methyl sites for hydroxylation is 1. The smallest absolute Gasteiger partial charge is 0.125 e. The number of halogens is 1. The van der Waals surface area contributed by atoms with E-state index in [1.165, 1.54) is 0 Å². The van der Waals surface area contributed by atoms with Gasteiger partial charge >= 0.3 is 0 Å². The molecule has 0 spiro atoms. The summed E-state index contributed by atoms with van der Waals surface area (Å²) in [7, 11) is 1.63. The summed E-state index contributed by atoms with van der Waals surface area (Å²) in [5, 5.41) is 10.7. The number of methoxy groups -OCH3 is 1. The second kappa shape index (κ2) is 6.96. The predicted molar refractivity (Wildman–Crippen MR) is 87.1 cm³/mol. The van der Waals surface area contributed by atoms with Gasteiger partial charge in [-0.3, -0.25) is 0 Å². The molecule has 2 aromatic carbocycles. The molecule has 21 heavy (non-hydrogen) atoms. The minimum absolute atomic E-state index is 0.554. The van der Waals surface area contributed by atoms with Crippen LogP contribution in [0.3, 0.4) is 0 Å². The Bertz CT molecular complexity index is 625. The molecule has 0 aromatic heterocycles. The maximum absolute atomic E-state index is 10.7. The minimum Gasteiger partial charge on any atom is -0.496 e. The number of hydrogen-bond acceptors (Lipinski definition) is 3. The van der Waals surface area contributed by atoms with Crippen LogP contribution in [0.4, 0.5) is 0 Å².